The molecule has 0 radical (unpaired) electrons. The predicted octanol–water partition coefficient (Wildman–Crippen LogP) is 5.01. The molecule has 0 fully saturated rings. The zero-order valence-electron chi connectivity index (χ0n) is 13.1. The molecule has 0 heterocycles. The van der Waals surface area contributed by atoms with Crippen molar-refractivity contribution in [2.75, 3.05) is 6.61 Å². The molecule has 0 aliphatic heterocycles. The minimum atomic E-state index is 0.205. The van der Waals surface area contributed by atoms with Gasteiger partial charge in [0.05, 0.1) is 6.61 Å². The van der Waals surface area contributed by atoms with E-state index in [9.17, 15) is 0 Å². The normalized spacial score (nSPS) is 12.6. The van der Waals surface area contributed by atoms with E-state index in [1.807, 2.05) is 0 Å². The first-order valence-corrected chi connectivity index (χ1v) is 6.79. The molecule has 1 aromatic rings. The van der Waals surface area contributed by atoms with E-state index >= 15 is 0 Å². The van der Waals surface area contributed by atoms with Gasteiger partial charge in [0.1, 0.15) is 5.75 Å². The third kappa shape index (κ3) is 5.57. The molecule has 0 saturated carbocycles. The molecule has 0 aromatic heterocycles. The first kappa shape index (κ1) is 15.1. The summed E-state index contributed by atoms with van der Waals surface area (Å²) in [5.74, 6) is 1.02. The van der Waals surface area contributed by atoms with E-state index in [1.54, 1.807) is 0 Å². The van der Waals surface area contributed by atoms with Gasteiger partial charge in [-0.1, -0.05) is 53.7 Å². The summed E-state index contributed by atoms with van der Waals surface area (Å²) in [5.41, 5.74) is 3.17. The van der Waals surface area contributed by atoms with Crippen LogP contribution < -0.4 is 4.74 Å². The molecule has 18 heavy (non-hydrogen) atoms. The van der Waals surface area contributed by atoms with Crippen LogP contribution in [0.2, 0.25) is 0 Å². The van der Waals surface area contributed by atoms with Gasteiger partial charge in [-0.15, -0.1) is 0 Å². The lowest BCUT2D eigenvalue weighted by molar-refractivity contribution is 0.197. The summed E-state index contributed by atoms with van der Waals surface area (Å²) in [7, 11) is 0. The average Bonchev–Trinajstić information content (AvgIpc) is 2.12. The average molecular weight is 248 g/mol. The molecule has 0 bridgehead atoms. The van der Waals surface area contributed by atoms with Gasteiger partial charge in [0.15, 0.2) is 0 Å². The molecule has 0 aliphatic rings. The Bertz CT molecular complexity index is 391. The highest BCUT2D eigenvalue weighted by molar-refractivity contribution is 5.36. The van der Waals surface area contributed by atoms with Gasteiger partial charge >= 0.3 is 0 Å². The second-order valence-corrected chi connectivity index (χ2v) is 7.69. The molecular formula is C17H28O. The summed E-state index contributed by atoms with van der Waals surface area (Å²) in [6, 6.07) is 6.56. The van der Waals surface area contributed by atoms with Crippen LogP contribution in [0, 0.1) is 17.8 Å². The summed E-state index contributed by atoms with van der Waals surface area (Å²) < 4.78 is 5.89. The molecule has 0 unspecified atom stereocenters. The van der Waals surface area contributed by atoms with E-state index in [1.165, 1.54) is 11.1 Å². The molecular weight excluding hydrogens is 220 g/mol. The number of hydrogen-bond acceptors (Lipinski definition) is 1. The van der Waals surface area contributed by atoms with Gasteiger partial charge in [-0.05, 0) is 41.4 Å². The lowest BCUT2D eigenvalue weighted by atomic mass is 9.88. The maximum absolute atomic E-state index is 5.89. The Morgan fingerprint density at radius 2 is 1.56 bits per heavy atom. The highest BCUT2D eigenvalue weighted by atomic mass is 16.5. The van der Waals surface area contributed by atoms with Gasteiger partial charge in [0, 0.05) is 0 Å². The minimum absolute atomic E-state index is 0.205. The SMILES string of the molecule is Cc1cc(CC(C)(C)C)ccc1OCC(C)(C)C. The van der Waals surface area contributed by atoms with E-state index in [0.717, 1.165) is 18.8 Å². The van der Waals surface area contributed by atoms with Crippen molar-refractivity contribution in [1.82, 2.24) is 0 Å². The van der Waals surface area contributed by atoms with Crippen LogP contribution in [-0.4, -0.2) is 6.61 Å². The second-order valence-electron chi connectivity index (χ2n) is 7.69. The lowest BCUT2D eigenvalue weighted by Crippen LogP contribution is -2.17. The third-order valence-corrected chi connectivity index (χ3v) is 2.63. The van der Waals surface area contributed by atoms with Crippen molar-refractivity contribution in [3.8, 4) is 5.75 Å². The van der Waals surface area contributed by atoms with Crippen molar-refractivity contribution >= 4 is 0 Å². The van der Waals surface area contributed by atoms with Crippen molar-refractivity contribution in [3.05, 3.63) is 29.3 Å². The van der Waals surface area contributed by atoms with E-state index in [4.69, 9.17) is 4.74 Å². The summed E-state index contributed by atoms with van der Waals surface area (Å²) in [6.45, 7) is 16.3. The topological polar surface area (TPSA) is 9.23 Å². The van der Waals surface area contributed by atoms with Gasteiger partial charge in [0.25, 0.3) is 0 Å². The smallest absolute Gasteiger partial charge is 0.122 e. The maximum Gasteiger partial charge on any atom is 0.122 e. The van der Waals surface area contributed by atoms with Crippen LogP contribution in [0.25, 0.3) is 0 Å². The largest absolute Gasteiger partial charge is 0.493 e. The van der Waals surface area contributed by atoms with Crippen molar-refractivity contribution in [3.63, 3.8) is 0 Å². The number of aryl methyl sites for hydroxylation is 1. The molecule has 0 amide bonds. The molecule has 1 heteroatoms. The zero-order chi connectivity index (χ0) is 14.0. The number of hydrogen-bond donors (Lipinski definition) is 0. The van der Waals surface area contributed by atoms with E-state index in [0.29, 0.717) is 5.41 Å². The summed E-state index contributed by atoms with van der Waals surface area (Å²) in [4.78, 5) is 0. The number of benzene rings is 1. The van der Waals surface area contributed by atoms with E-state index < -0.39 is 0 Å². The Morgan fingerprint density at radius 3 is 2.00 bits per heavy atom. The number of ether oxygens (including phenoxy) is 1. The molecule has 102 valence electrons. The molecule has 0 atom stereocenters. The highest BCUT2D eigenvalue weighted by Gasteiger charge is 2.14. The molecule has 1 aromatic carbocycles. The summed E-state index contributed by atoms with van der Waals surface area (Å²) >= 11 is 0. The molecule has 0 aliphatic carbocycles. The van der Waals surface area contributed by atoms with Crippen LogP contribution in [0.5, 0.6) is 5.75 Å². The highest BCUT2D eigenvalue weighted by Crippen LogP contribution is 2.26. The zero-order valence-corrected chi connectivity index (χ0v) is 13.1. The molecule has 0 saturated heterocycles. The lowest BCUT2D eigenvalue weighted by Gasteiger charge is -2.21. The predicted molar refractivity (Wildman–Crippen MR) is 79.3 cm³/mol. The first-order chi connectivity index (χ1) is 8.07. The van der Waals surface area contributed by atoms with Gasteiger partial charge in [-0.2, -0.15) is 0 Å². The molecule has 0 N–H and O–H groups in total. The van der Waals surface area contributed by atoms with Crippen LogP contribution in [0.1, 0.15) is 52.7 Å². The summed E-state index contributed by atoms with van der Waals surface area (Å²) in [6.07, 6.45) is 1.10. The third-order valence-electron chi connectivity index (χ3n) is 2.63. The Labute approximate surface area is 113 Å². The standard InChI is InChI=1S/C17H28O/c1-13-10-14(11-16(2,3)4)8-9-15(13)18-12-17(5,6)7/h8-10H,11-12H2,1-7H3. The van der Waals surface area contributed by atoms with Crippen molar-refractivity contribution in [1.29, 1.82) is 0 Å². The second kappa shape index (κ2) is 5.34. The van der Waals surface area contributed by atoms with Crippen LogP contribution >= 0.6 is 0 Å². The molecule has 0 spiro atoms. The van der Waals surface area contributed by atoms with Crippen LogP contribution in [0.3, 0.4) is 0 Å². The molecule has 1 nitrogen and oxygen atoms in total. The van der Waals surface area contributed by atoms with Crippen molar-refractivity contribution < 1.29 is 4.74 Å². The Kier molecular flexibility index (Phi) is 4.47. The quantitative estimate of drug-likeness (QED) is 0.730. The molecule has 1 rings (SSSR count). The van der Waals surface area contributed by atoms with Gasteiger partial charge in [0.2, 0.25) is 0 Å². The summed E-state index contributed by atoms with van der Waals surface area (Å²) in [5, 5.41) is 0. The van der Waals surface area contributed by atoms with E-state index in [2.05, 4.69) is 66.7 Å². The fourth-order valence-corrected chi connectivity index (χ4v) is 1.89. The Morgan fingerprint density at radius 1 is 0.944 bits per heavy atom. The fraction of sp³-hybridized carbons (Fsp3) is 0.647. The maximum atomic E-state index is 5.89. The van der Waals surface area contributed by atoms with Crippen LogP contribution in [-0.2, 0) is 6.42 Å². The first-order valence-electron chi connectivity index (χ1n) is 6.79. The Hall–Kier alpha value is -0.980. The Balaban J connectivity index is 2.74. The minimum Gasteiger partial charge on any atom is -0.493 e. The van der Waals surface area contributed by atoms with E-state index in [-0.39, 0.29) is 5.41 Å². The number of rotatable bonds is 3. The van der Waals surface area contributed by atoms with Gasteiger partial charge in [-0.25, -0.2) is 0 Å². The van der Waals surface area contributed by atoms with Crippen LogP contribution in [0.15, 0.2) is 18.2 Å². The van der Waals surface area contributed by atoms with Gasteiger partial charge < -0.3 is 4.74 Å². The van der Waals surface area contributed by atoms with Crippen LogP contribution in [0.4, 0.5) is 0 Å². The fourth-order valence-electron chi connectivity index (χ4n) is 1.89. The monoisotopic (exact) mass is 248 g/mol. The van der Waals surface area contributed by atoms with Crippen molar-refractivity contribution in [2.45, 2.75) is 54.9 Å². The van der Waals surface area contributed by atoms with Crippen molar-refractivity contribution in [2.24, 2.45) is 10.8 Å². The van der Waals surface area contributed by atoms with Gasteiger partial charge in [-0.3, -0.25) is 0 Å².